The summed E-state index contributed by atoms with van der Waals surface area (Å²) in [5.41, 5.74) is 0.620. The first kappa shape index (κ1) is 16.1. The van der Waals surface area contributed by atoms with Gasteiger partial charge in [-0.25, -0.2) is 0 Å². The van der Waals surface area contributed by atoms with Gasteiger partial charge in [0.05, 0.1) is 0 Å². The molecule has 0 spiro atoms. The van der Waals surface area contributed by atoms with Crippen molar-refractivity contribution in [2.24, 2.45) is 0 Å². The zero-order valence-corrected chi connectivity index (χ0v) is 11.6. The molecule has 1 saturated heterocycles. The summed E-state index contributed by atoms with van der Waals surface area (Å²) in [7, 11) is 0. The first-order chi connectivity index (χ1) is 10.4. The number of rotatable bonds is 4. The first-order valence-corrected chi connectivity index (χ1v) is 6.79. The van der Waals surface area contributed by atoms with Gasteiger partial charge in [0.1, 0.15) is 6.04 Å². The lowest BCUT2D eigenvalue weighted by Gasteiger charge is -2.22. The van der Waals surface area contributed by atoms with Gasteiger partial charge in [0.15, 0.2) is 0 Å². The van der Waals surface area contributed by atoms with Crippen molar-refractivity contribution < 1.29 is 22.8 Å². The third-order valence-electron chi connectivity index (χ3n) is 3.33. The number of anilines is 1. The van der Waals surface area contributed by atoms with Crippen LogP contribution in [-0.4, -0.2) is 35.4 Å². The number of halogens is 3. The maximum atomic E-state index is 12.2. The Balaban J connectivity index is 2.00. The van der Waals surface area contributed by atoms with E-state index in [9.17, 15) is 22.8 Å². The maximum absolute atomic E-state index is 12.2. The van der Waals surface area contributed by atoms with Gasteiger partial charge in [0, 0.05) is 24.5 Å². The van der Waals surface area contributed by atoms with Gasteiger partial charge < -0.3 is 10.2 Å². The van der Waals surface area contributed by atoms with Gasteiger partial charge in [0.2, 0.25) is 5.91 Å². The average Bonchev–Trinajstić information content (AvgIpc) is 2.93. The highest BCUT2D eigenvalue weighted by molar-refractivity contribution is 5.96. The second kappa shape index (κ2) is 6.64. The van der Waals surface area contributed by atoms with Crippen molar-refractivity contribution in [2.75, 3.05) is 11.9 Å². The van der Waals surface area contributed by atoms with E-state index in [2.05, 4.69) is 5.32 Å². The van der Waals surface area contributed by atoms with E-state index in [0.29, 0.717) is 31.1 Å². The van der Waals surface area contributed by atoms with Crippen molar-refractivity contribution in [3.8, 4) is 0 Å². The standard InChI is InChI=1S/C15H15F3N2O2/c16-15(17,18)13(21)8-10-20-9-4-7-12(20)14(22)19-11-5-2-1-3-6-11/h1-3,5-6,8,10,12H,4,7,9H2,(H,19,22)/b10-8+/t12-/m0/s1. The second-order valence-electron chi connectivity index (χ2n) is 4.93. The van der Waals surface area contributed by atoms with Crippen LogP contribution in [0.25, 0.3) is 0 Å². The fourth-order valence-corrected chi connectivity index (χ4v) is 2.25. The molecule has 1 amide bonds. The van der Waals surface area contributed by atoms with Crippen molar-refractivity contribution >= 4 is 17.4 Å². The van der Waals surface area contributed by atoms with Crippen LogP contribution in [0.4, 0.5) is 18.9 Å². The largest absolute Gasteiger partial charge is 0.454 e. The highest BCUT2D eigenvalue weighted by Crippen LogP contribution is 2.21. The van der Waals surface area contributed by atoms with E-state index < -0.39 is 18.0 Å². The van der Waals surface area contributed by atoms with Gasteiger partial charge in [-0.2, -0.15) is 13.2 Å². The molecular formula is C15H15F3N2O2. The molecule has 7 heteroatoms. The Morgan fingerprint density at radius 2 is 1.91 bits per heavy atom. The number of likely N-dealkylation sites (tertiary alicyclic amines) is 1. The molecular weight excluding hydrogens is 297 g/mol. The molecule has 0 aromatic heterocycles. The van der Waals surface area contributed by atoms with Crippen LogP contribution < -0.4 is 5.32 Å². The number of nitrogens with one attached hydrogen (secondary N) is 1. The summed E-state index contributed by atoms with van der Waals surface area (Å²) in [6.45, 7) is 0.439. The Morgan fingerprint density at radius 3 is 2.55 bits per heavy atom. The van der Waals surface area contributed by atoms with Crippen LogP contribution in [0.1, 0.15) is 12.8 Å². The molecule has 118 valence electrons. The Kier molecular flexibility index (Phi) is 4.85. The molecule has 22 heavy (non-hydrogen) atoms. The number of allylic oxidation sites excluding steroid dienone is 1. The van der Waals surface area contributed by atoms with Crippen LogP contribution in [0.5, 0.6) is 0 Å². The predicted octanol–water partition coefficient (Wildman–Crippen LogP) is 2.73. The highest BCUT2D eigenvalue weighted by atomic mass is 19.4. The fourth-order valence-electron chi connectivity index (χ4n) is 2.25. The van der Waals surface area contributed by atoms with E-state index >= 15 is 0 Å². The Hall–Kier alpha value is -2.31. The molecule has 1 aromatic carbocycles. The normalized spacial score (nSPS) is 18.7. The number of amides is 1. The molecule has 1 aromatic rings. The molecule has 1 N–H and O–H groups in total. The second-order valence-corrected chi connectivity index (χ2v) is 4.93. The third-order valence-corrected chi connectivity index (χ3v) is 3.33. The molecule has 1 heterocycles. The van der Waals surface area contributed by atoms with Gasteiger partial charge in [0.25, 0.3) is 5.78 Å². The Morgan fingerprint density at radius 1 is 1.23 bits per heavy atom. The molecule has 1 fully saturated rings. The van der Waals surface area contributed by atoms with Gasteiger partial charge in [-0.3, -0.25) is 9.59 Å². The number of benzene rings is 1. The summed E-state index contributed by atoms with van der Waals surface area (Å²) in [5.74, 6) is -2.23. The minimum atomic E-state index is -4.89. The number of hydrogen-bond donors (Lipinski definition) is 1. The predicted molar refractivity (Wildman–Crippen MR) is 75.0 cm³/mol. The van der Waals surface area contributed by atoms with E-state index in [1.165, 1.54) is 4.90 Å². The van der Waals surface area contributed by atoms with Crippen LogP contribution in [0.3, 0.4) is 0 Å². The maximum Gasteiger partial charge on any atom is 0.454 e. The van der Waals surface area contributed by atoms with Crippen LogP contribution in [-0.2, 0) is 9.59 Å². The Labute approximate surface area is 125 Å². The van der Waals surface area contributed by atoms with Crippen molar-refractivity contribution in [1.82, 2.24) is 4.90 Å². The van der Waals surface area contributed by atoms with Crippen LogP contribution in [0, 0.1) is 0 Å². The molecule has 0 bridgehead atoms. The summed E-state index contributed by atoms with van der Waals surface area (Å²) >= 11 is 0. The summed E-state index contributed by atoms with van der Waals surface area (Å²) < 4.78 is 36.5. The smallest absolute Gasteiger partial charge is 0.365 e. The molecule has 1 aliphatic heterocycles. The molecule has 0 radical (unpaired) electrons. The average molecular weight is 312 g/mol. The monoisotopic (exact) mass is 312 g/mol. The number of para-hydroxylation sites is 1. The minimum absolute atomic E-state index is 0.298. The molecule has 0 saturated carbocycles. The van der Waals surface area contributed by atoms with Crippen LogP contribution in [0.15, 0.2) is 42.6 Å². The lowest BCUT2D eigenvalue weighted by molar-refractivity contribution is -0.165. The number of nitrogens with zero attached hydrogens (tertiary/aromatic N) is 1. The zero-order valence-electron chi connectivity index (χ0n) is 11.6. The van der Waals surface area contributed by atoms with Crippen molar-refractivity contribution in [3.05, 3.63) is 42.6 Å². The number of carbonyl (C=O) groups is 2. The summed E-state index contributed by atoms with van der Waals surface area (Å²) in [5, 5.41) is 2.71. The quantitative estimate of drug-likeness (QED) is 0.870. The van der Waals surface area contributed by atoms with E-state index in [1.807, 2.05) is 6.07 Å². The molecule has 0 aliphatic carbocycles. The van der Waals surface area contributed by atoms with Crippen LogP contribution >= 0.6 is 0 Å². The van der Waals surface area contributed by atoms with Crippen molar-refractivity contribution in [2.45, 2.75) is 25.1 Å². The lowest BCUT2D eigenvalue weighted by atomic mass is 10.2. The third kappa shape index (κ3) is 4.09. The summed E-state index contributed by atoms with van der Waals surface area (Å²) in [6.07, 6.45) is -2.16. The number of carbonyl (C=O) groups excluding carboxylic acids is 2. The number of hydrogen-bond acceptors (Lipinski definition) is 3. The van der Waals surface area contributed by atoms with E-state index in [1.54, 1.807) is 24.3 Å². The topological polar surface area (TPSA) is 49.4 Å². The van der Waals surface area contributed by atoms with Gasteiger partial charge in [-0.1, -0.05) is 18.2 Å². The SMILES string of the molecule is O=C(Nc1ccccc1)[C@@H]1CCCN1/C=C/C(=O)C(F)(F)F. The minimum Gasteiger partial charge on any atom is -0.365 e. The number of alkyl halides is 3. The fraction of sp³-hybridized carbons (Fsp3) is 0.333. The van der Waals surface area contributed by atoms with Gasteiger partial charge in [-0.05, 0) is 25.0 Å². The molecule has 1 aliphatic rings. The van der Waals surface area contributed by atoms with E-state index in [0.717, 1.165) is 6.20 Å². The Bertz CT molecular complexity index is 570. The van der Waals surface area contributed by atoms with E-state index in [-0.39, 0.29) is 5.91 Å². The zero-order chi connectivity index (χ0) is 16.2. The van der Waals surface area contributed by atoms with Crippen LogP contribution in [0.2, 0.25) is 0 Å². The van der Waals surface area contributed by atoms with Crippen molar-refractivity contribution in [3.63, 3.8) is 0 Å². The van der Waals surface area contributed by atoms with Gasteiger partial charge in [-0.15, -0.1) is 0 Å². The van der Waals surface area contributed by atoms with E-state index in [4.69, 9.17) is 0 Å². The highest BCUT2D eigenvalue weighted by Gasteiger charge is 2.37. The molecule has 0 unspecified atom stereocenters. The summed E-state index contributed by atoms with van der Waals surface area (Å²) in [6, 6.07) is 8.22. The summed E-state index contributed by atoms with van der Waals surface area (Å²) in [4.78, 5) is 24.5. The van der Waals surface area contributed by atoms with Gasteiger partial charge >= 0.3 is 6.18 Å². The molecule has 2 rings (SSSR count). The van der Waals surface area contributed by atoms with Crippen molar-refractivity contribution in [1.29, 1.82) is 0 Å². The molecule has 1 atom stereocenters. The number of ketones is 1. The first-order valence-electron chi connectivity index (χ1n) is 6.79. The lowest BCUT2D eigenvalue weighted by Crippen LogP contribution is -2.36. The molecule has 4 nitrogen and oxygen atoms in total.